The van der Waals surface area contributed by atoms with Crippen LogP contribution in [0.15, 0.2) is 11.1 Å². The molecule has 0 fully saturated rings. The Kier molecular flexibility index (Phi) is 2.90. The van der Waals surface area contributed by atoms with E-state index in [2.05, 4.69) is 4.74 Å². The van der Waals surface area contributed by atoms with Crippen molar-refractivity contribution in [2.45, 2.75) is 20.0 Å². The Morgan fingerprint density at radius 1 is 1.64 bits per heavy atom. The normalized spacial score (nSPS) is 18.9. The number of ether oxygens (including phenoxy) is 1. The summed E-state index contributed by atoms with van der Waals surface area (Å²) in [6.07, 6.45) is -1.54. The van der Waals surface area contributed by atoms with Gasteiger partial charge in [-0.15, -0.1) is 0 Å². The zero-order valence-electron chi connectivity index (χ0n) is 8.40. The Labute approximate surface area is 82.0 Å². The minimum Gasteiger partial charge on any atom is -0.452 e. The smallest absolute Gasteiger partial charge is 0.416 e. The summed E-state index contributed by atoms with van der Waals surface area (Å²) in [6, 6.07) is 0. The van der Waals surface area contributed by atoms with Crippen LogP contribution in [0.3, 0.4) is 0 Å². The number of rotatable bonds is 1. The lowest BCUT2D eigenvalue weighted by Gasteiger charge is -2.13. The first kappa shape index (κ1) is 10.7. The van der Waals surface area contributed by atoms with Crippen LogP contribution < -0.4 is 0 Å². The van der Waals surface area contributed by atoms with Crippen molar-refractivity contribution in [3.8, 4) is 0 Å². The lowest BCUT2D eigenvalue weighted by molar-refractivity contribution is -0.124. The van der Waals surface area contributed by atoms with Crippen molar-refractivity contribution < 1.29 is 19.4 Å². The van der Waals surface area contributed by atoms with Gasteiger partial charge < -0.3 is 9.84 Å². The molecule has 1 unspecified atom stereocenters. The number of imide groups is 1. The van der Waals surface area contributed by atoms with E-state index in [1.165, 1.54) is 14.0 Å². The monoisotopic (exact) mass is 199 g/mol. The van der Waals surface area contributed by atoms with Crippen LogP contribution >= 0.6 is 0 Å². The van der Waals surface area contributed by atoms with Gasteiger partial charge >= 0.3 is 6.09 Å². The molecular weight excluding hydrogens is 186 g/mol. The Bertz CT molecular complexity index is 306. The van der Waals surface area contributed by atoms with Gasteiger partial charge in [-0.3, -0.25) is 4.79 Å². The fourth-order valence-electron chi connectivity index (χ4n) is 1.52. The number of carbonyl (C=O) groups excluding carboxylic acids is 2. The third-order valence-corrected chi connectivity index (χ3v) is 2.14. The Hall–Kier alpha value is -1.36. The van der Waals surface area contributed by atoms with E-state index < -0.39 is 18.1 Å². The fourth-order valence-corrected chi connectivity index (χ4v) is 1.52. The van der Waals surface area contributed by atoms with Crippen molar-refractivity contribution >= 4 is 12.0 Å². The third kappa shape index (κ3) is 1.63. The zero-order valence-corrected chi connectivity index (χ0v) is 8.40. The quantitative estimate of drug-likeness (QED) is 0.659. The molecule has 78 valence electrons. The van der Waals surface area contributed by atoms with Crippen LogP contribution in [0.4, 0.5) is 4.79 Å². The average molecular weight is 199 g/mol. The predicted octanol–water partition coefficient (Wildman–Crippen LogP) is 0.292. The summed E-state index contributed by atoms with van der Waals surface area (Å²) in [5.41, 5.74) is 0.991. The number of carbonyl (C=O) groups is 2. The van der Waals surface area contributed by atoms with Gasteiger partial charge in [0.2, 0.25) is 0 Å². The minimum absolute atomic E-state index is 0.200. The van der Waals surface area contributed by atoms with Gasteiger partial charge in [0.25, 0.3) is 5.91 Å². The van der Waals surface area contributed by atoms with Crippen LogP contribution in [0.5, 0.6) is 0 Å². The van der Waals surface area contributed by atoms with E-state index in [4.69, 9.17) is 0 Å². The van der Waals surface area contributed by atoms with E-state index in [-0.39, 0.29) is 12.1 Å². The van der Waals surface area contributed by atoms with Crippen LogP contribution in [-0.2, 0) is 9.53 Å². The van der Waals surface area contributed by atoms with E-state index in [1.54, 1.807) is 6.92 Å². The van der Waals surface area contributed by atoms with Gasteiger partial charge in [-0.2, -0.15) is 0 Å². The molecule has 1 aliphatic heterocycles. The van der Waals surface area contributed by atoms with E-state index >= 15 is 0 Å². The van der Waals surface area contributed by atoms with Crippen molar-refractivity contribution in [2.75, 3.05) is 13.7 Å². The molecule has 5 nitrogen and oxygen atoms in total. The van der Waals surface area contributed by atoms with Crippen LogP contribution in [0.2, 0.25) is 0 Å². The molecule has 0 aromatic heterocycles. The Morgan fingerprint density at radius 3 is 2.57 bits per heavy atom. The van der Waals surface area contributed by atoms with Crippen molar-refractivity contribution in [2.24, 2.45) is 0 Å². The first-order valence-electron chi connectivity index (χ1n) is 4.26. The van der Waals surface area contributed by atoms with Crippen molar-refractivity contribution in [3.63, 3.8) is 0 Å². The highest BCUT2D eigenvalue weighted by Crippen LogP contribution is 2.21. The fraction of sp³-hybridized carbons (Fsp3) is 0.556. The molecule has 1 aliphatic rings. The molecule has 0 saturated heterocycles. The maximum Gasteiger partial charge on any atom is 0.416 e. The summed E-state index contributed by atoms with van der Waals surface area (Å²) in [5, 5.41) is 9.31. The highest BCUT2D eigenvalue weighted by molar-refractivity contribution is 6.06. The molecular formula is C9H13NO4. The standard InChI is InChI=1S/C9H13NO4/c1-5-4-10(9(13)14-3)8(12)7(5)6(2)11/h6,11H,4H2,1-3H3. The molecule has 0 aromatic rings. The highest BCUT2D eigenvalue weighted by Gasteiger charge is 2.35. The summed E-state index contributed by atoms with van der Waals surface area (Å²) in [4.78, 5) is 23.6. The minimum atomic E-state index is -0.850. The molecule has 1 heterocycles. The van der Waals surface area contributed by atoms with Gasteiger partial charge in [-0.05, 0) is 19.4 Å². The van der Waals surface area contributed by atoms with Crippen LogP contribution in [0.1, 0.15) is 13.8 Å². The molecule has 1 rings (SSSR count). The summed E-state index contributed by atoms with van der Waals surface area (Å²) in [6.45, 7) is 3.41. The maximum atomic E-state index is 11.6. The largest absolute Gasteiger partial charge is 0.452 e. The van der Waals surface area contributed by atoms with Crippen LogP contribution in [-0.4, -0.2) is 41.8 Å². The van der Waals surface area contributed by atoms with Crippen molar-refractivity contribution in [1.29, 1.82) is 0 Å². The summed E-state index contributed by atoms with van der Waals surface area (Å²) >= 11 is 0. The molecule has 0 saturated carbocycles. The van der Waals surface area contributed by atoms with E-state index in [1.807, 2.05) is 0 Å². The van der Waals surface area contributed by atoms with Crippen LogP contribution in [0.25, 0.3) is 0 Å². The number of hydrogen-bond acceptors (Lipinski definition) is 4. The summed E-state index contributed by atoms with van der Waals surface area (Å²) < 4.78 is 4.44. The molecule has 0 spiro atoms. The number of nitrogens with zero attached hydrogens (tertiary/aromatic N) is 1. The third-order valence-electron chi connectivity index (χ3n) is 2.14. The molecule has 0 aliphatic carbocycles. The maximum absolute atomic E-state index is 11.6. The number of aliphatic hydroxyl groups excluding tert-OH is 1. The second-order valence-corrected chi connectivity index (χ2v) is 3.23. The van der Waals surface area contributed by atoms with E-state index in [0.29, 0.717) is 5.57 Å². The Morgan fingerprint density at radius 2 is 2.21 bits per heavy atom. The molecule has 5 heteroatoms. The molecule has 0 radical (unpaired) electrons. The first-order valence-corrected chi connectivity index (χ1v) is 4.26. The second kappa shape index (κ2) is 3.79. The van der Waals surface area contributed by atoms with Gasteiger partial charge in [0, 0.05) is 5.57 Å². The van der Waals surface area contributed by atoms with Crippen molar-refractivity contribution in [1.82, 2.24) is 4.90 Å². The molecule has 14 heavy (non-hydrogen) atoms. The number of amides is 2. The SMILES string of the molecule is COC(=O)N1CC(C)=C(C(C)O)C1=O. The summed E-state index contributed by atoms with van der Waals surface area (Å²) in [7, 11) is 1.21. The van der Waals surface area contributed by atoms with E-state index in [0.717, 1.165) is 4.90 Å². The first-order chi connectivity index (χ1) is 6.49. The second-order valence-electron chi connectivity index (χ2n) is 3.23. The number of aliphatic hydroxyl groups is 1. The predicted molar refractivity (Wildman–Crippen MR) is 48.5 cm³/mol. The average Bonchev–Trinajstić information content (AvgIpc) is 2.40. The van der Waals surface area contributed by atoms with Crippen molar-refractivity contribution in [3.05, 3.63) is 11.1 Å². The molecule has 0 bridgehead atoms. The Balaban J connectivity index is 2.89. The van der Waals surface area contributed by atoms with Gasteiger partial charge in [0.05, 0.1) is 19.8 Å². The van der Waals surface area contributed by atoms with Gasteiger partial charge in [0.1, 0.15) is 0 Å². The lowest BCUT2D eigenvalue weighted by atomic mass is 10.1. The molecule has 2 amide bonds. The molecule has 1 atom stereocenters. The molecule has 0 aromatic carbocycles. The van der Waals surface area contributed by atoms with E-state index in [9.17, 15) is 14.7 Å². The number of hydrogen-bond donors (Lipinski definition) is 1. The van der Waals surface area contributed by atoms with Gasteiger partial charge in [-0.25, -0.2) is 9.69 Å². The lowest BCUT2D eigenvalue weighted by Crippen LogP contribution is -2.34. The summed E-state index contributed by atoms with van der Waals surface area (Å²) in [5.74, 6) is -0.468. The van der Waals surface area contributed by atoms with Gasteiger partial charge in [-0.1, -0.05) is 0 Å². The number of methoxy groups -OCH3 is 1. The van der Waals surface area contributed by atoms with Gasteiger partial charge in [0.15, 0.2) is 0 Å². The zero-order chi connectivity index (χ0) is 10.9. The van der Waals surface area contributed by atoms with Crippen LogP contribution in [0, 0.1) is 0 Å². The topological polar surface area (TPSA) is 66.8 Å². The molecule has 1 N–H and O–H groups in total. The highest BCUT2D eigenvalue weighted by atomic mass is 16.5.